The van der Waals surface area contributed by atoms with Gasteiger partial charge in [0.1, 0.15) is 0 Å². The third-order valence-electron chi connectivity index (χ3n) is 4.12. The summed E-state index contributed by atoms with van der Waals surface area (Å²) >= 11 is 0. The second-order valence-corrected chi connectivity index (χ2v) is 8.18. The van der Waals surface area contributed by atoms with Crippen LogP contribution in [0.1, 0.15) is 37.8 Å². The van der Waals surface area contributed by atoms with E-state index >= 15 is 0 Å². The molecule has 1 aromatic carbocycles. The lowest BCUT2D eigenvalue weighted by atomic mass is 9.86. The Bertz CT molecular complexity index is 1070. The molecule has 0 amide bonds. The van der Waals surface area contributed by atoms with Gasteiger partial charge in [0.05, 0.1) is 22.7 Å². The topological polar surface area (TPSA) is 101 Å². The van der Waals surface area contributed by atoms with Gasteiger partial charge in [0, 0.05) is 0 Å². The average molecular weight is 393 g/mol. The van der Waals surface area contributed by atoms with E-state index in [1.165, 1.54) is 0 Å². The predicted molar refractivity (Wildman–Crippen MR) is 91.3 cm³/mol. The van der Waals surface area contributed by atoms with Crippen LogP contribution in [0.3, 0.4) is 0 Å². The number of fused-ring (bicyclic) bond motifs is 1. The van der Waals surface area contributed by atoms with Crippen molar-refractivity contribution >= 4 is 20.9 Å². The van der Waals surface area contributed by atoms with Crippen LogP contribution in [0.15, 0.2) is 21.7 Å². The van der Waals surface area contributed by atoms with Crippen LogP contribution in [0.4, 0.5) is 13.2 Å². The van der Waals surface area contributed by atoms with Crippen LogP contribution < -0.4 is 16.1 Å². The Morgan fingerprint density at radius 2 is 1.73 bits per heavy atom. The Morgan fingerprint density at radius 3 is 2.19 bits per heavy atom. The smallest absolute Gasteiger partial charge is 0.305 e. The Morgan fingerprint density at radius 1 is 1.15 bits per heavy atom. The van der Waals surface area contributed by atoms with Gasteiger partial charge in [-0.2, -0.15) is 17.8 Å². The van der Waals surface area contributed by atoms with Gasteiger partial charge in [-0.1, -0.05) is 20.8 Å². The molecule has 1 atom stereocenters. The van der Waals surface area contributed by atoms with E-state index in [9.17, 15) is 31.2 Å². The van der Waals surface area contributed by atoms with Crippen LogP contribution in [-0.4, -0.2) is 24.3 Å². The molecule has 0 aliphatic rings. The maximum atomic E-state index is 13.4. The maximum absolute atomic E-state index is 13.4. The summed E-state index contributed by atoms with van der Waals surface area (Å²) in [7, 11) is -3.95. The van der Waals surface area contributed by atoms with Crippen LogP contribution >= 0.6 is 0 Å². The van der Waals surface area contributed by atoms with Crippen molar-refractivity contribution in [1.29, 1.82) is 0 Å². The van der Waals surface area contributed by atoms with Gasteiger partial charge in [0.2, 0.25) is 10.0 Å². The number of rotatable bonds is 4. The van der Waals surface area contributed by atoms with E-state index in [1.54, 1.807) is 25.6 Å². The molecule has 0 radical (unpaired) electrons. The number of nitrogens with zero attached hydrogens (tertiary/aromatic N) is 1. The molecule has 26 heavy (non-hydrogen) atoms. The largest absolute Gasteiger partial charge is 0.416 e. The van der Waals surface area contributed by atoms with Crippen molar-refractivity contribution in [3.63, 3.8) is 0 Å². The Labute approximate surface area is 146 Å². The minimum absolute atomic E-state index is 0.102. The lowest BCUT2D eigenvalue weighted by Gasteiger charge is -2.22. The van der Waals surface area contributed by atoms with Crippen molar-refractivity contribution in [2.45, 2.75) is 32.9 Å². The van der Waals surface area contributed by atoms with Gasteiger partial charge in [0.25, 0.3) is 5.56 Å². The minimum atomic E-state index is -4.68. The molecule has 1 heterocycles. The summed E-state index contributed by atoms with van der Waals surface area (Å²) < 4.78 is 63.2. The van der Waals surface area contributed by atoms with Crippen molar-refractivity contribution in [3.05, 3.63) is 44.1 Å². The summed E-state index contributed by atoms with van der Waals surface area (Å²) in [5, 5.41) is -0.226. The van der Waals surface area contributed by atoms with E-state index < -0.39 is 38.9 Å². The van der Waals surface area contributed by atoms with Crippen LogP contribution in [-0.2, 0) is 16.2 Å². The zero-order valence-corrected chi connectivity index (χ0v) is 15.2. The zero-order chi connectivity index (χ0) is 20.0. The number of hydrogen-bond acceptors (Lipinski definition) is 4. The molecule has 2 rings (SSSR count). The van der Waals surface area contributed by atoms with Crippen molar-refractivity contribution < 1.29 is 21.6 Å². The molecule has 0 aliphatic heterocycles. The van der Waals surface area contributed by atoms with Crippen LogP contribution in [0.5, 0.6) is 0 Å². The lowest BCUT2D eigenvalue weighted by molar-refractivity contribution is -0.138. The molecule has 2 aromatic rings. The summed E-state index contributed by atoms with van der Waals surface area (Å²) in [6.07, 6.45) is -3.94. The van der Waals surface area contributed by atoms with Crippen molar-refractivity contribution in [2.24, 2.45) is 5.92 Å². The summed E-state index contributed by atoms with van der Waals surface area (Å²) in [6, 6.07) is 1.76. The van der Waals surface area contributed by atoms with Crippen molar-refractivity contribution in [1.82, 2.24) is 9.66 Å². The molecule has 144 valence electrons. The standard InChI is InChI=1S/C15H18F3N3O4S/c1-7(2)8(3)9-5-10-12(6-11(9)15(16,17)18)19-14(23)21(13(10)22)20-26(4,24)25/h5-8,20H,1-4H3,(H,19,23). The minimum Gasteiger partial charge on any atom is -0.305 e. The second-order valence-electron chi connectivity index (χ2n) is 6.45. The lowest BCUT2D eigenvalue weighted by Crippen LogP contribution is -2.43. The van der Waals surface area contributed by atoms with E-state index in [1.807, 2.05) is 0 Å². The molecule has 7 nitrogen and oxygen atoms in total. The number of H-pyrrole nitrogens is 1. The maximum Gasteiger partial charge on any atom is 0.416 e. The first-order chi connectivity index (χ1) is 11.7. The van der Waals surface area contributed by atoms with Crippen LogP contribution in [0, 0.1) is 5.92 Å². The number of benzene rings is 1. The Kier molecular flexibility index (Phi) is 4.97. The molecule has 0 aliphatic carbocycles. The number of aromatic nitrogens is 2. The Balaban J connectivity index is 2.91. The molecule has 0 fully saturated rings. The number of sulfonamides is 1. The van der Waals surface area contributed by atoms with Gasteiger partial charge in [-0.05, 0) is 29.5 Å². The highest BCUT2D eigenvalue weighted by Gasteiger charge is 2.36. The van der Waals surface area contributed by atoms with E-state index in [2.05, 4.69) is 4.98 Å². The third kappa shape index (κ3) is 3.92. The molecule has 0 spiro atoms. The van der Waals surface area contributed by atoms with E-state index in [0.29, 0.717) is 6.07 Å². The number of aromatic amines is 1. The predicted octanol–water partition coefficient (Wildman–Crippen LogP) is 1.97. The van der Waals surface area contributed by atoms with Crippen LogP contribution in [0.2, 0.25) is 0 Å². The van der Waals surface area contributed by atoms with E-state index in [0.717, 1.165) is 12.3 Å². The van der Waals surface area contributed by atoms with Crippen molar-refractivity contribution in [2.75, 3.05) is 11.1 Å². The van der Waals surface area contributed by atoms with Gasteiger partial charge in [0.15, 0.2) is 0 Å². The fourth-order valence-electron chi connectivity index (χ4n) is 2.51. The number of halogens is 3. The molecule has 0 bridgehead atoms. The molecule has 0 saturated carbocycles. The van der Waals surface area contributed by atoms with Gasteiger partial charge < -0.3 is 4.98 Å². The number of alkyl halides is 3. The fraction of sp³-hybridized carbons (Fsp3) is 0.467. The molecular weight excluding hydrogens is 375 g/mol. The quantitative estimate of drug-likeness (QED) is 0.829. The molecule has 1 unspecified atom stereocenters. The summed E-state index contributed by atoms with van der Waals surface area (Å²) in [5.74, 6) is -0.675. The van der Waals surface area contributed by atoms with E-state index in [4.69, 9.17) is 0 Å². The van der Waals surface area contributed by atoms with E-state index in [-0.39, 0.29) is 27.1 Å². The monoisotopic (exact) mass is 393 g/mol. The number of nitrogens with one attached hydrogen (secondary N) is 2. The highest BCUT2D eigenvalue weighted by molar-refractivity contribution is 7.91. The van der Waals surface area contributed by atoms with Gasteiger partial charge in [-0.15, -0.1) is 0 Å². The molecular formula is C15H18F3N3O4S. The first kappa shape index (κ1) is 20.0. The summed E-state index contributed by atoms with van der Waals surface area (Å²) in [5.41, 5.74) is -3.62. The Hall–Kier alpha value is -2.30. The first-order valence-corrected chi connectivity index (χ1v) is 9.49. The molecule has 0 saturated heterocycles. The van der Waals surface area contributed by atoms with Gasteiger partial charge >= 0.3 is 11.9 Å². The second kappa shape index (κ2) is 6.45. The molecule has 11 heteroatoms. The van der Waals surface area contributed by atoms with Gasteiger partial charge in [-0.3, -0.25) is 4.79 Å². The number of hydrogen-bond donors (Lipinski definition) is 2. The van der Waals surface area contributed by atoms with Crippen LogP contribution in [0.25, 0.3) is 10.9 Å². The highest BCUT2D eigenvalue weighted by atomic mass is 32.2. The molecule has 1 aromatic heterocycles. The zero-order valence-electron chi connectivity index (χ0n) is 14.4. The van der Waals surface area contributed by atoms with Gasteiger partial charge in [-0.25, -0.2) is 18.0 Å². The summed E-state index contributed by atoms with van der Waals surface area (Å²) in [6.45, 7) is 5.08. The average Bonchev–Trinajstić information content (AvgIpc) is 2.47. The fourth-order valence-corrected chi connectivity index (χ4v) is 3.01. The highest BCUT2D eigenvalue weighted by Crippen LogP contribution is 2.38. The summed E-state index contributed by atoms with van der Waals surface area (Å²) in [4.78, 5) is 28.2. The SMILES string of the molecule is CC(C)C(C)c1cc2c(=O)n(NS(C)(=O)=O)c(=O)[nH]c2cc1C(F)(F)F. The van der Waals surface area contributed by atoms with Crippen molar-refractivity contribution in [3.8, 4) is 0 Å². The third-order valence-corrected chi connectivity index (χ3v) is 4.64. The first-order valence-electron chi connectivity index (χ1n) is 7.60. The molecule has 2 N–H and O–H groups in total. The normalized spacial score (nSPS) is 14.0.